The van der Waals surface area contributed by atoms with Gasteiger partial charge in [-0.05, 0) is 79.1 Å². The normalized spacial score (nSPS) is 17.4. The number of benzene rings is 4. The highest BCUT2D eigenvalue weighted by molar-refractivity contribution is 7.22. The fraction of sp³-hybridized carbons (Fsp3) is 0.147. The van der Waals surface area contributed by atoms with Crippen molar-refractivity contribution < 1.29 is 28.9 Å². The van der Waals surface area contributed by atoms with Gasteiger partial charge in [0.1, 0.15) is 30.5 Å². The van der Waals surface area contributed by atoms with Crippen LogP contribution >= 0.6 is 11.3 Å². The Morgan fingerprint density at radius 2 is 1.67 bits per heavy atom. The van der Waals surface area contributed by atoms with Crippen molar-refractivity contribution >= 4 is 44.1 Å². The van der Waals surface area contributed by atoms with E-state index < -0.39 is 17.7 Å². The van der Waals surface area contributed by atoms with E-state index >= 15 is 0 Å². The van der Waals surface area contributed by atoms with Gasteiger partial charge >= 0.3 is 5.91 Å². The van der Waals surface area contributed by atoms with Crippen molar-refractivity contribution in [3.63, 3.8) is 0 Å². The van der Waals surface area contributed by atoms with E-state index in [1.807, 2.05) is 56.3 Å². The molecule has 1 aromatic heterocycles. The van der Waals surface area contributed by atoms with E-state index in [0.717, 1.165) is 21.3 Å². The van der Waals surface area contributed by atoms with Crippen molar-refractivity contribution in [3.05, 3.63) is 113 Å². The molecule has 1 fully saturated rings. The Morgan fingerprint density at radius 3 is 2.49 bits per heavy atom. The van der Waals surface area contributed by atoms with Gasteiger partial charge in [0.2, 0.25) is 0 Å². The zero-order valence-corrected chi connectivity index (χ0v) is 24.2. The smallest absolute Gasteiger partial charge is 0.301 e. The summed E-state index contributed by atoms with van der Waals surface area (Å²) < 4.78 is 18.3. The number of Topliss-reactive ketones (excluding diaryl/α,β-unsaturated/α-hetero) is 1. The van der Waals surface area contributed by atoms with Crippen LogP contribution in [0.15, 0.2) is 90.5 Å². The van der Waals surface area contributed by atoms with E-state index in [-0.39, 0.29) is 11.3 Å². The quantitative estimate of drug-likeness (QED) is 0.132. The third-order valence-electron chi connectivity index (χ3n) is 7.44. The van der Waals surface area contributed by atoms with Gasteiger partial charge in [0.25, 0.3) is 5.78 Å². The number of thiazole rings is 1. The zero-order valence-electron chi connectivity index (χ0n) is 23.4. The van der Waals surface area contributed by atoms with E-state index in [1.54, 1.807) is 42.5 Å². The monoisotopic (exact) mass is 590 g/mol. The number of ether oxygens (including phenoxy) is 3. The number of anilines is 1. The minimum Gasteiger partial charge on any atom is -0.507 e. The molecule has 4 aromatic carbocycles. The number of fused-ring (bicyclic) bond motifs is 2. The molecule has 1 saturated heterocycles. The number of hydrogen-bond acceptors (Lipinski definition) is 8. The highest BCUT2D eigenvalue weighted by Gasteiger charge is 2.48. The van der Waals surface area contributed by atoms with Gasteiger partial charge in [-0.2, -0.15) is 0 Å². The van der Waals surface area contributed by atoms with E-state index in [9.17, 15) is 14.7 Å². The van der Waals surface area contributed by atoms with Gasteiger partial charge in [-0.25, -0.2) is 4.98 Å². The van der Waals surface area contributed by atoms with Crippen molar-refractivity contribution in [2.24, 2.45) is 0 Å². The predicted octanol–water partition coefficient (Wildman–Crippen LogP) is 7.10. The molecule has 8 nitrogen and oxygen atoms in total. The molecule has 0 radical (unpaired) electrons. The van der Waals surface area contributed by atoms with Crippen LogP contribution in [0.4, 0.5) is 5.13 Å². The lowest BCUT2D eigenvalue weighted by atomic mass is 9.95. The van der Waals surface area contributed by atoms with Crippen LogP contribution in [0.1, 0.15) is 28.3 Å². The summed E-state index contributed by atoms with van der Waals surface area (Å²) in [6.45, 7) is 4.76. The number of ketones is 1. The van der Waals surface area contributed by atoms with Gasteiger partial charge in [-0.3, -0.25) is 14.5 Å². The average Bonchev–Trinajstić information content (AvgIpc) is 3.55. The Kier molecular flexibility index (Phi) is 6.59. The number of rotatable bonds is 5. The Bertz CT molecular complexity index is 1950. The molecular formula is C34H26N2O6S. The summed E-state index contributed by atoms with van der Waals surface area (Å²) in [5.41, 5.74) is 3.67. The average molecular weight is 591 g/mol. The van der Waals surface area contributed by atoms with Crippen LogP contribution in [0.3, 0.4) is 0 Å². The maximum absolute atomic E-state index is 13.8. The molecule has 43 heavy (non-hydrogen) atoms. The Hall–Kier alpha value is -5.15. The second-order valence-corrected chi connectivity index (χ2v) is 11.4. The third kappa shape index (κ3) is 4.77. The summed E-state index contributed by atoms with van der Waals surface area (Å²) in [6, 6.07) is 24.5. The number of aliphatic hydroxyl groups excluding tert-OH is 1. The lowest BCUT2D eigenvalue weighted by molar-refractivity contribution is -0.132. The largest absolute Gasteiger partial charge is 0.507 e. The summed E-state index contributed by atoms with van der Waals surface area (Å²) in [4.78, 5) is 33.8. The minimum atomic E-state index is -0.963. The van der Waals surface area contributed by atoms with Gasteiger partial charge in [0.15, 0.2) is 16.6 Å². The molecule has 1 amide bonds. The van der Waals surface area contributed by atoms with Crippen LogP contribution in [0, 0.1) is 13.8 Å². The number of aromatic nitrogens is 1. The van der Waals surface area contributed by atoms with Crippen molar-refractivity contribution in [2.45, 2.75) is 19.9 Å². The van der Waals surface area contributed by atoms with Gasteiger partial charge in [0, 0.05) is 5.56 Å². The van der Waals surface area contributed by atoms with Crippen LogP contribution in [0.25, 0.3) is 16.0 Å². The molecule has 0 aliphatic carbocycles. The van der Waals surface area contributed by atoms with Gasteiger partial charge in [-0.15, -0.1) is 0 Å². The first kappa shape index (κ1) is 26.7. The van der Waals surface area contributed by atoms with Crippen LogP contribution in [-0.4, -0.2) is 35.0 Å². The summed E-state index contributed by atoms with van der Waals surface area (Å²) in [5.74, 6) is 0.268. The molecule has 7 rings (SSSR count). The number of para-hydroxylation sites is 1. The first-order chi connectivity index (χ1) is 20.9. The summed E-state index contributed by atoms with van der Waals surface area (Å²) in [5, 5.41) is 12.0. The molecule has 2 aliphatic heterocycles. The molecule has 214 valence electrons. The highest BCUT2D eigenvalue weighted by atomic mass is 32.1. The van der Waals surface area contributed by atoms with E-state index in [1.165, 1.54) is 16.2 Å². The maximum Gasteiger partial charge on any atom is 0.301 e. The van der Waals surface area contributed by atoms with Crippen LogP contribution in [0.5, 0.6) is 23.0 Å². The zero-order chi connectivity index (χ0) is 29.7. The summed E-state index contributed by atoms with van der Waals surface area (Å²) >= 11 is 1.33. The van der Waals surface area contributed by atoms with E-state index in [4.69, 9.17) is 19.2 Å². The number of aliphatic hydroxyl groups is 1. The highest BCUT2D eigenvalue weighted by Crippen LogP contribution is 2.46. The first-order valence-corrected chi connectivity index (χ1v) is 14.6. The lowest BCUT2D eigenvalue weighted by Gasteiger charge is -2.23. The second kappa shape index (κ2) is 10.6. The predicted molar refractivity (Wildman–Crippen MR) is 164 cm³/mol. The number of nitrogens with zero attached hydrogens (tertiary/aromatic N) is 2. The molecule has 3 heterocycles. The van der Waals surface area contributed by atoms with Crippen molar-refractivity contribution in [1.29, 1.82) is 0 Å². The number of carbonyl (C=O) groups excluding carboxylic acids is 2. The molecular weight excluding hydrogens is 564 g/mol. The van der Waals surface area contributed by atoms with Crippen molar-refractivity contribution in [3.8, 4) is 23.0 Å². The number of amides is 1. The van der Waals surface area contributed by atoms with Crippen LogP contribution in [-0.2, 0) is 9.59 Å². The molecule has 0 saturated carbocycles. The SMILES string of the molecule is Cc1cc(C)c2nc(N3C(=O)C(=O)C(=C(O)c4ccc5c(c4)OCCO5)C3c3cccc(Oc4ccccc4)c3)sc2c1. The van der Waals surface area contributed by atoms with Gasteiger partial charge < -0.3 is 19.3 Å². The Morgan fingerprint density at radius 1 is 0.907 bits per heavy atom. The number of carbonyl (C=O) groups is 2. The molecule has 2 aliphatic rings. The molecule has 1 N–H and O–H groups in total. The maximum atomic E-state index is 13.8. The number of aryl methyl sites for hydroxylation is 2. The lowest BCUT2D eigenvalue weighted by Crippen LogP contribution is -2.29. The Balaban J connectivity index is 1.40. The van der Waals surface area contributed by atoms with E-state index in [0.29, 0.717) is 52.5 Å². The van der Waals surface area contributed by atoms with E-state index in [2.05, 4.69) is 0 Å². The van der Waals surface area contributed by atoms with Crippen LogP contribution in [0.2, 0.25) is 0 Å². The summed E-state index contributed by atoms with van der Waals surface area (Å²) in [7, 11) is 0. The minimum absolute atomic E-state index is 0.0503. The molecule has 0 bridgehead atoms. The topological polar surface area (TPSA) is 98.2 Å². The van der Waals surface area contributed by atoms with Crippen molar-refractivity contribution in [1.82, 2.24) is 4.98 Å². The summed E-state index contributed by atoms with van der Waals surface area (Å²) in [6.07, 6.45) is 0. The number of hydrogen-bond donors (Lipinski definition) is 1. The molecule has 5 aromatic rings. The fourth-order valence-electron chi connectivity index (χ4n) is 5.53. The van der Waals surface area contributed by atoms with Gasteiger partial charge in [-0.1, -0.05) is 47.7 Å². The third-order valence-corrected chi connectivity index (χ3v) is 8.44. The molecule has 0 spiro atoms. The second-order valence-electron chi connectivity index (χ2n) is 10.4. The molecule has 1 atom stereocenters. The molecule has 1 unspecified atom stereocenters. The fourth-order valence-corrected chi connectivity index (χ4v) is 6.69. The van der Waals surface area contributed by atoms with Gasteiger partial charge in [0.05, 0.1) is 21.8 Å². The first-order valence-electron chi connectivity index (χ1n) is 13.8. The standard InChI is InChI=1S/C34H26N2O6S/c1-19-15-20(2)29-27(16-19)43-34(35-29)36-30(21-7-6-10-24(17-21)42-23-8-4-3-5-9-23)28(32(38)33(36)39)31(37)22-11-12-25-26(18-22)41-14-13-40-25/h3-12,15-18,30,37H,13-14H2,1-2H3. The molecule has 9 heteroatoms. The Labute approximate surface area is 251 Å². The van der Waals surface area contributed by atoms with Crippen LogP contribution < -0.4 is 19.1 Å². The van der Waals surface area contributed by atoms with Crippen molar-refractivity contribution in [2.75, 3.05) is 18.1 Å².